The maximum Gasteiger partial charge on any atom is 0.251 e. The Hall–Kier alpha value is -1.11. The maximum absolute atomic E-state index is 12.8. The van der Waals surface area contributed by atoms with E-state index in [1.165, 1.54) is 16.4 Å². The second kappa shape index (κ2) is 9.72. The van der Waals surface area contributed by atoms with Crippen LogP contribution >= 0.6 is 11.6 Å². The van der Waals surface area contributed by atoms with Gasteiger partial charge in [0.15, 0.2) is 0 Å². The number of nitrogens with one attached hydrogen (secondary N) is 1. The number of halogens is 1. The predicted molar refractivity (Wildman–Crippen MR) is 105 cm³/mol. The lowest BCUT2D eigenvalue weighted by molar-refractivity contribution is 0.0945. The molecule has 5 nitrogen and oxygen atoms in total. The van der Waals surface area contributed by atoms with Crippen molar-refractivity contribution in [2.45, 2.75) is 57.3 Å². The van der Waals surface area contributed by atoms with Crippen LogP contribution < -0.4 is 5.32 Å². The third-order valence-corrected chi connectivity index (χ3v) is 7.35. The molecule has 1 fully saturated rings. The first-order valence-corrected chi connectivity index (χ1v) is 11.3. The van der Waals surface area contributed by atoms with Gasteiger partial charge in [-0.25, -0.2) is 8.42 Å². The Bertz CT molecular complexity index is 715. The minimum Gasteiger partial charge on any atom is -0.352 e. The van der Waals surface area contributed by atoms with E-state index in [9.17, 15) is 13.2 Å². The number of amides is 1. The quantitative estimate of drug-likeness (QED) is 0.679. The van der Waals surface area contributed by atoms with Gasteiger partial charge < -0.3 is 5.32 Å². The van der Waals surface area contributed by atoms with Crippen LogP contribution in [0, 0.1) is 5.92 Å². The largest absolute Gasteiger partial charge is 0.352 e. The van der Waals surface area contributed by atoms with E-state index in [1.54, 1.807) is 6.07 Å². The second-order valence-electron chi connectivity index (χ2n) is 6.88. The van der Waals surface area contributed by atoms with Crippen molar-refractivity contribution in [1.82, 2.24) is 9.62 Å². The number of hydrogen-bond donors (Lipinski definition) is 1. The van der Waals surface area contributed by atoms with Crippen LogP contribution in [-0.4, -0.2) is 38.3 Å². The van der Waals surface area contributed by atoms with Gasteiger partial charge in [0.25, 0.3) is 5.91 Å². The van der Waals surface area contributed by atoms with Gasteiger partial charge in [0.1, 0.15) is 4.90 Å². The summed E-state index contributed by atoms with van der Waals surface area (Å²) >= 11 is 6.13. The van der Waals surface area contributed by atoms with Crippen LogP contribution in [0.4, 0.5) is 0 Å². The second-order valence-corrected chi connectivity index (χ2v) is 9.20. The molecule has 1 aliphatic rings. The van der Waals surface area contributed by atoms with E-state index in [0.29, 0.717) is 31.1 Å². The lowest BCUT2D eigenvalue weighted by atomic mass is 9.99. The number of sulfonamides is 1. The van der Waals surface area contributed by atoms with E-state index in [2.05, 4.69) is 19.2 Å². The van der Waals surface area contributed by atoms with Gasteiger partial charge in [-0.05, 0) is 43.4 Å². The van der Waals surface area contributed by atoms with Gasteiger partial charge in [0.05, 0.1) is 5.02 Å². The van der Waals surface area contributed by atoms with Crippen molar-refractivity contribution < 1.29 is 13.2 Å². The fraction of sp³-hybridized carbons (Fsp3) is 0.632. The van der Waals surface area contributed by atoms with E-state index in [0.717, 1.165) is 38.5 Å². The molecule has 2 rings (SSSR count). The first-order chi connectivity index (χ1) is 12.4. The average molecular weight is 401 g/mol. The summed E-state index contributed by atoms with van der Waals surface area (Å²) in [5.74, 6) is 0.188. The number of rotatable bonds is 9. The SMILES string of the molecule is CCCCC(CC)CNC(=O)c1ccc(Cl)c(S(=O)(=O)N2CCCC2)c1. The third-order valence-electron chi connectivity index (χ3n) is 4.97. The zero-order valence-electron chi connectivity index (χ0n) is 15.6. The Kier molecular flexibility index (Phi) is 7.92. The van der Waals surface area contributed by atoms with E-state index in [-0.39, 0.29) is 15.8 Å². The number of carbonyl (C=O) groups is 1. The van der Waals surface area contributed by atoms with Gasteiger partial charge in [-0.15, -0.1) is 0 Å². The molecule has 0 saturated carbocycles. The molecule has 26 heavy (non-hydrogen) atoms. The lowest BCUT2D eigenvalue weighted by Gasteiger charge is -2.18. The lowest BCUT2D eigenvalue weighted by Crippen LogP contribution is -2.30. The van der Waals surface area contributed by atoms with Gasteiger partial charge in [0.2, 0.25) is 10.0 Å². The minimum absolute atomic E-state index is 0.0201. The van der Waals surface area contributed by atoms with E-state index >= 15 is 0 Å². The minimum atomic E-state index is -3.65. The summed E-state index contributed by atoms with van der Waals surface area (Å²) in [5.41, 5.74) is 0.331. The molecule has 7 heteroatoms. The molecule has 1 aromatic carbocycles. The zero-order chi connectivity index (χ0) is 19.2. The van der Waals surface area contributed by atoms with Crippen LogP contribution in [0.3, 0.4) is 0 Å². The Morgan fingerprint density at radius 2 is 1.96 bits per heavy atom. The van der Waals surface area contributed by atoms with Gasteiger partial charge in [0, 0.05) is 25.2 Å². The summed E-state index contributed by atoms with van der Waals surface area (Å²) in [6, 6.07) is 4.47. The molecule has 146 valence electrons. The van der Waals surface area contributed by atoms with Crippen LogP contribution in [0.15, 0.2) is 23.1 Å². The van der Waals surface area contributed by atoms with Gasteiger partial charge in [-0.3, -0.25) is 4.79 Å². The van der Waals surface area contributed by atoms with Crippen LogP contribution in [-0.2, 0) is 10.0 Å². The number of unbranched alkanes of at least 4 members (excludes halogenated alkanes) is 1. The van der Waals surface area contributed by atoms with Crippen molar-refractivity contribution in [2.75, 3.05) is 19.6 Å². The monoisotopic (exact) mass is 400 g/mol. The molecule has 0 aromatic heterocycles. The molecule has 1 N–H and O–H groups in total. The molecule has 0 aliphatic carbocycles. The first kappa shape index (κ1) is 21.2. The molecule has 0 radical (unpaired) electrons. The topological polar surface area (TPSA) is 66.5 Å². The van der Waals surface area contributed by atoms with Crippen molar-refractivity contribution in [3.8, 4) is 0 Å². The van der Waals surface area contributed by atoms with Gasteiger partial charge in [-0.1, -0.05) is 44.7 Å². The molecule has 1 aliphatic heterocycles. The third kappa shape index (κ3) is 5.21. The molecule has 1 aromatic rings. The molecule has 1 amide bonds. The summed E-state index contributed by atoms with van der Waals surface area (Å²) in [6.45, 7) is 5.89. The van der Waals surface area contributed by atoms with Crippen LogP contribution in [0.25, 0.3) is 0 Å². The summed E-state index contributed by atoms with van der Waals surface area (Å²) < 4.78 is 27.0. The fourth-order valence-corrected chi connectivity index (χ4v) is 5.21. The standard InChI is InChI=1S/C19H29ClN2O3S/c1-3-5-8-15(4-2)14-21-19(23)16-9-10-17(20)18(13-16)26(24,25)22-11-6-7-12-22/h9-10,13,15H,3-8,11-12,14H2,1-2H3,(H,21,23). The summed E-state index contributed by atoms with van der Waals surface area (Å²) in [7, 11) is -3.65. The molecule has 0 spiro atoms. The summed E-state index contributed by atoms with van der Waals surface area (Å²) in [4.78, 5) is 12.5. The highest BCUT2D eigenvalue weighted by molar-refractivity contribution is 7.89. The Balaban J connectivity index is 2.11. The fourth-order valence-electron chi connectivity index (χ4n) is 3.19. The van der Waals surface area contributed by atoms with Crippen LogP contribution in [0.1, 0.15) is 62.7 Å². The normalized spacial score (nSPS) is 16.6. The number of nitrogens with zero attached hydrogens (tertiary/aromatic N) is 1. The first-order valence-electron chi connectivity index (χ1n) is 9.48. The van der Waals surface area contributed by atoms with Crippen molar-refractivity contribution >= 4 is 27.5 Å². The molecule has 1 saturated heterocycles. The van der Waals surface area contributed by atoms with E-state index in [4.69, 9.17) is 11.6 Å². The Morgan fingerprint density at radius 3 is 2.58 bits per heavy atom. The Labute approximate surface area is 162 Å². The highest BCUT2D eigenvalue weighted by Gasteiger charge is 2.29. The van der Waals surface area contributed by atoms with Gasteiger partial charge in [-0.2, -0.15) is 4.31 Å². The Morgan fingerprint density at radius 1 is 1.27 bits per heavy atom. The molecule has 0 bridgehead atoms. The summed E-state index contributed by atoms with van der Waals surface area (Å²) in [6.07, 6.45) is 6.09. The molecular formula is C19H29ClN2O3S. The van der Waals surface area contributed by atoms with Crippen LogP contribution in [0.2, 0.25) is 5.02 Å². The van der Waals surface area contributed by atoms with Crippen molar-refractivity contribution in [3.63, 3.8) is 0 Å². The average Bonchev–Trinajstić information content (AvgIpc) is 3.17. The number of carbonyl (C=O) groups excluding carboxylic acids is 1. The van der Waals surface area contributed by atoms with E-state index in [1.807, 2.05) is 0 Å². The van der Waals surface area contributed by atoms with Crippen molar-refractivity contribution in [1.29, 1.82) is 0 Å². The van der Waals surface area contributed by atoms with Crippen molar-refractivity contribution in [3.05, 3.63) is 28.8 Å². The molecule has 1 unspecified atom stereocenters. The predicted octanol–water partition coefficient (Wildman–Crippen LogP) is 4.07. The molecule has 1 atom stereocenters. The number of benzene rings is 1. The smallest absolute Gasteiger partial charge is 0.251 e. The molecular weight excluding hydrogens is 372 g/mol. The van der Waals surface area contributed by atoms with Crippen molar-refractivity contribution in [2.24, 2.45) is 5.92 Å². The summed E-state index contributed by atoms with van der Waals surface area (Å²) in [5, 5.41) is 3.09. The zero-order valence-corrected chi connectivity index (χ0v) is 17.2. The highest BCUT2D eigenvalue weighted by atomic mass is 35.5. The maximum atomic E-state index is 12.8. The van der Waals surface area contributed by atoms with Crippen LogP contribution in [0.5, 0.6) is 0 Å². The van der Waals surface area contributed by atoms with E-state index < -0.39 is 10.0 Å². The highest BCUT2D eigenvalue weighted by Crippen LogP contribution is 2.28. The van der Waals surface area contributed by atoms with Gasteiger partial charge >= 0.3 is 0 Å². The molecule has 1 heterocycles. The number of hydrogen-bond acceptors (Lipinski definition) is 3.